The molecule has 2 heterocycles. The molecule has 2 aliphatic heterocycles. The smallest absolute Gasteiger partial charge is 0.228 e. The Bertz CT molecular complexity index is 659. The third-order valence-corrected chi connectivity index (χ3v) is 5.05. The number of nitrogens with zero attached hydrogens (tertiary/aromatic N) is 2. The van der Waals surface area contributed by atoms with Gasteiger partial charge in [0.05, 0.1) is 0 Å². The Kier molecular flexibility index (Phi) is 3.95. The molecule has 0 bridgehead atoms. The number of thioether (sulfide) groups is 1. The van der Waals surface area contributed by atoms with Crippen molar-refractivity contribution in [3.05, 3.63) is 23.8 Å². The summed E-state index contributed by atoms with van der Waals surface area (Å²) in [5.74, 6) is 0.0989. The van der Waals surface area contributed by atoms with E-state index >= 15 is 0 Å². The van der Waals surface area contributed by atoms with Gasteiger partial charge in [0.2, 0.25) is 11.8 Å². The highest BCUT2D eigenvalue weighted by Crippen LogP contribution is 2.34. The molecular weight excluding hydrogens is 300 g/mol. The van der Waals surface area contributed by atoms with Crippen LogP contribution in [0.4, 0.5) is 11.4 Å². The molecule has 116 valence electrons. The first-order valence-electron chi connectivity index (χ1n) is 7.34. The molecule has 0 saturated carbocycles. The molecule has 1 aromatic rings. The summed E-state index contributed by atoms with van der Waals surface area (Å²) in [5, 5.41) is 0.0812. The van der Waals surface area contributed by atoms with E-state index in [2.05, 4.69) is 0 Å². The van der Waals surface area contributed by atoms with E-state index in [1.165, 1.54) is 18.7 Å². The topological polar surface area (TPSA) is 57.7 Å². The minimum atomic E-state index is 0.0342. The lowest BCUT2D eigenvalue weighted by molar-refractivity contribution is -0.117. The Morgan fingerprint density at radius 1 is 1.27 bits per heavy atom. The molecule has 2 amide bonds. The lowest BCUT2D eigenvalue weighted by atomic mass is 10.1. The van der Waals surface area contributed by atoms with Crippen LogP contribution >= 0.6 is 11.8 Å². The average molecular weight is 318 g/mol. The van der Waals surface area contributed by atoms with Crippen molar-refractivity contribution in [1.82, 2.24) is 0 Å². The summed E-state index contributed by atoms with van der Waals surface area (Å²) >= 11 is 1.24. The first-order chi connectivity index (χ1) is 10.5. The quantitative estimate of drug-likeness (QED) is 0.837. The van der Waals surface area contributed by atoms with Gasteiger partial charge in [0.25, 0.3) is 0 Å². The number of hydrogen-bond donors (Lipinski definition) is 0. The maximum atomic E-state index is 12.2. The Morgan fingerprint density at radius 3 is 2.73 bits per heavy atom. The highest BCUT2D eigenvalue weighted by atomic mass is 32.2. The fraction of sp³-hybridized carbons (Fsp3) is 0.438. The van der Waals surface area contributed by atoms with Crippen LogP contribution in [0.2, 0.25) is 0 Å². The monoisotopic (exact) mass is 318 g/mol. The number of carbonyl (C=O) groups excluding carboxylic acids is 3. The zero-order valence-electron chi connectivity index (χ0n) is 12.7. The molecule has 1 aromatic carbocycles. The van der Waals surface area contributed by atoms with Gasteiger partial charge in [-0.25, -0.2) is 0 Å². The third-order valence-electron chi connectivity index (χ3n) is 4.07. The molecule has 1 atom stereocenters. The summed E-state index contributed by atoms with van der Waals surface area (Å²) < 4.78 is 0. The van der Waals surface area contributed by atoms with Gasteiger partial charge in [-0.1, -0.05) is 11.8 Å². The molecule has 1 fully saturated rings. The van der Waals surface area contributed by atoms with Crippen molar-refractivity contribution in [3.63, 3.8) is 0 Å². The van der Waals surface area contributed by atoms with E-state index < -0.39 is 0 Å². The molecule has 0 aliphatic carbocycles. The summed E-state index contributed by atoms with van der Waals surface area (Å²) in [4.78, 5) is 38.5. The summed E-state index contributed by atoms with van der Waals surface area (Å²) in [6.45, 7) is 4.36. The van der Waals surface area contributed by atoms with Gasteiger partial charge in [-0.05, 0) is 30.2 Å². The minimum absolute atomic E-state index is 0.0342. The molecule has 3 rings (SSSR count). The van der Waals surface area contributed by atoms with Crippen molar-refractivity contribution in [3.8, 4) is 0 Å². The maximum Gasteiger partial charge on any atom is 0.228 e. The maximum absolute atomic E-state index is 12.2. The SMILES string of the molecule is CC(=O)SC1CC(=O)N(c2ccc3c(c2)CCN3C(C)=O)C1. The van der Waals surface area contributed by atoms with Crippen molar-refractivity contribution >= 4 is 40.1 Å². The van der Waals surface area contributed by atoms with Gasteiger partial charge < -0.3 is 9.80 Å². The standard InChI is InChI=1S/C16H18N2O3S/c1-10(19)17-6-5-12-7-13(3-4-15(12)17)18-9-14(8-16(18)21)22-11(2)20/h3-4,7,14H,5-6,8-9H2,1-2H3. The molecule has 22 heavy (non-hydrogen) atoms. The lowest BCUT2D eigenvalue weighted by Crippen LogP contribution is -2.26. The fourth-order valence-electron chi connectivity index (χ4n) is 3.12. The molecule has 6 heteroatoms. The van der Waals surface area contributed by atoms with Crippen LogP contribution in [-0.4, -0.2) is 35.3 Å². The van der Waals surface area contributed by atoms with Crippen molar-refractivity contribution in [2.75, 3.05) is 22.9 Å². The second-order valence-corrected chi connectivity index (χ2v) is 7.15. The van der Waals surface area contributed by atoms with Crippen LogP contribution in [-0.2, 0) is 20.8 Å². The van der Waals surface area contributed by atoms with E-state index in [9.17, 15) is 14.4 Å². The predicted molar refractivity (Wildman–Crippen MR) is 87.2 cm³/mol. The number of rotatable bonds is 2. The normalized spacial score (nSPS) is 20.5. The van der Waals surface area contributed by atoms with Crippen molar-refractivity contribution in [2.24, 2.45) is 0 Å². The number of amides is 2. The van der Waals surface area contributed by atoms with Gasteiger partial charge in [-0.2, -0.15) is 0 Å². The number of fused-ring (bicyclic) bond motifs is 1. The third kappa shape index (κ3) is 2.75. The van der Waals surface area contributed by atoms with Gasteiger partial charge in [0.15, 0.2) is 5.12 Å². The highest BCUT2D eigenvalue weighted by molar-refractivity contribution is 8.14. The van der Waals surface area contributed by atoms with Crippen molar-refractivity contribution in [2.45, 2.75) is 31.9 Å². The molecule has 2 aliphatic rings. The van der Waals surface area contributed by atoms with E-state index in [4.69, 9.17) is 0 Å². The van der Waals surface area contributed by atoms with Gasteiger partial charge in [-0.3, -0.25) is 14.4 Å². The molecular formula is C16H18N2O3S. The lowest BCUT2D eigenvalue weighted by Gasteiger charge is -2.19. The summed E-state index contributed by atoms with van der Waals surface area (Å²) in [7, 11) is 0. The van der Waals surface area contributed by atoms with E-state index in [1.54, 1.807) is 16.7 Å². The first-order valence-corrected chi connectivity index (χ1v) is 8.22. The van der Waals surface area contributed by atoms with Gasteiger partial charge in [0.1, 0.15) is 0 Å². The molecule has 1 saturated heterocycles. The molecule has 5 nitrogen and oxygen atoms in total. The molecule has 0 aromatic heterocycles. The van der Waals surface area contributed by atoms with Gasteiger partial charge >= 0.3 is 0 Å². The van der Waals surface area contributed by atoms with E-state index in [-0.39, 0.29) is 22.2 Å². The largest absolute Gasteiger partial charge is 0.312 e. The fourth-order valence-corrected chi connectivity index (χ4v) is 4.04. The number of benzene rings is 1. The van der Waals surface area contributed by atoms with E-state index in [0.717, 1.165) is 23.4 Å². The Morgan fingerprint density at radius 2 is 2.05 bits per heavy atom. The minimum Gasteiger partial charge on any atom is -0.312 e. The predicted octanol–water partition coefficient (Wildman–Crippen LogP) is 1.98. The van der Waals surface area contributed by atoms with Crippen LogP contribution in [0.15, 0.2) is 18.2 Å². The highest BCUT2D eigenvalue weighted by Gasteiger charge is 2.33. The Labute approximate surface area is 133 Å². The first kappa shape index (κ1) is 15.1. The average Bonchev–Trinajstić information content (AvgIpc) is 3.00. The van der Waals surface area contributed by atoms with Crippen LogP contribution in [0.3, 0.4) is 0 Å². The second kappa shape index (κ2) is 5.76. The van der Waals surface area contributed by atoms with Crippen LogP contribution in [0.1, 0.15) is 25.8 Å². The Hall–Kier alpha value is -1.82. The molecule has 0 N–H and O–H groups in total. The Balaban J connectivity index is 1.81. The van der Waals surface area contributed by atoms with E-state index in [0.29, 0.717) is 19.5 Å². The zero-order valence-corrected chi connectivity index (χ0v) is 13.5. The number of carbonyl (C=O) groups is 3. The van der Waals surface area contributed by atoms with Gasteiger partial charge in [0, 0.05) is 50.0 Å². The zero-order chi connectivity index (χ0) is 15.9. The molecule has 0 spiro atoms. The number of anilines is 2. The van der Waals surface area contributed by atoms with Crippen molar-refractivity contribution < 1.29 is 14.4 Å². The number of hydrogen-bond acceptors (Lipinski definition) is 4. The molecule has 1 unspecified atom stereocenters. The van der Waals surface area contributed by atoms with Crippen LogP contribution in [0, 0.1) is 0 Å². The van der Waals surface area contributed by atoms with Crippen LogP contribution < -0.4 is 9.80 Å². The second-order valence-electron chi connectivity index (χ2n) is 5.67. The van der Waals surface area contributed by atoms with Crippen LogP contribution in [0.25, 0.3) is 0 Å². The van der Waals surface area contributed by atoms with Gasteiger partial charge in [-0.15, -0.1) is 0 Å². The molecule has 0 radical (unpaired) electrons. The summed E-state index contributed by atoms with van der Waals surface area (Å²) in [5.41, 5.74) is 2.90. The van der Waals surface area contributed by atoms with Crippen molar-refractivity contribution in [1.29, 1.82) is 0 Å². The summed E-state index contributed by atoms with van der Waals surface area (Å²) in [6.07, 6.45) is 1.22. The van der Waals surface area contributed by atoms with Crippen LogP contribution in [0.5, 0.6) is 0 Å². The van der Waals surface area contributed by atoms with E-state index in [1.807, 2.05) is 18.2 Å². The summed E-state index contributed by atoms with van der Waals surface area (Å²) in [6, 6.07) is 5.80.